The van der Waals surface area contributed by atoms with Crippen LogP contribution < -0.4 is 15.4 Å². The van der Waals surface area contributed by atoms with Gasteiger partial charge in [-0.3, -0.25) is 9.79 Å². The molecule has 1 heterocycles. The molecule has 160 valence electrons. The summed E-state index contributed by atoms with van der Waals surface area (Å²) >= 11 is 0. The van der Waals surface area contributed by atoms with Crippen molar-refractivity contribution in [3.63, 3.8) is 0 Å². The van der Waals surface area contributed by atoms with E-state index in [2.05, 4.69) is 15.6 Å². The number of rotatable bonds is 8. The molecule has 0 bridgehead atoms. The summed E-state index contributed by atoms with van der Waals surface area (Å²) in [6, 6.07) is 8.14. The Morgan fingerprint density at radius 3 is 2.86 bits per heavy atom. The predicted octanol–water partition coefficient (Wildman–Crippen LogP) is 2.17. The molecule has 0 radical (unpaired) electrons. The van der Waals surface area contributed by atoms with E-state index in [1.165, 1.54) is 12.8 Å². The lowest BCUT2D eigenvalue weighted by molar-refractivity contribution is -0.134. The van der Waals surface area contributed by atoms with Crippen molar-refractivity contribution < 1.29 is 14.3 Å². The Hall–Kier alpha value is -2.28. The van der Waals surface area contributed by atoms with Gasteiger partial charge in [-0.2, -0.15) is 0 Å². The molecule has 1 saturated heterocycles. The van der Waals surface area contributed by atoms with Gasteiger partial charge in [-0.05, 0) is 37.0 Å². The lowest BCUT2D eigenvalue weighted by Crippen LogP contribution is -2.46. The van der Waals surface area contributed by atoms with Gasteiger partial charge in [-0.15, -0.1) is 0 Å². The van der Waals surface area contributed by atoms with Crippen LogP contribution in [-0.4, -0.2) is 63.2 Å². The number of aliphatic imine (C=N–C) groups is 1. The Bertz CT molecular complexity index is 688. The molecule has 1 unspecified atom stereocenters. The molecule has 1 aliphatic heterocycles. The highest BCUT2D eigenvalue weighted by molar-refractivity contribution is 5.81. The summed E-state index contributed by atoms with van der Waals surface area (Å²) in [4.78, 5) is 18.9. The molecule has 2 N–H and O–H groups in total. The molecule has 1 aromatic rings. The molecule has 1 aromatic carbocycles. The first-order valence-corrected chi connectivity index (χ1v) is 10.7. The smallest absolute Gasteiger partial charge is 0.225 e. The van der Waals surface area contributed by atoms with Crippen LogP contribution in [0.5, 0.6) is 5.75 Å². The van der Waals surface area contributed by atoms with Gasteiger partial charge >= 0.3 is 0 Å². The summed E-state index contributed by atoms with van der Waals surface area (Å²) in [5.41, 5.74) is 1.09. The average molecular weight is 403 g/mol. The van der Waals surface area contributed by atoms with Gasteiger partial charge in [0.1, 0.15) is 5.75 Å². The van der Waals surface area contributed by atoms with Gasteiger partial charge in [-0.25, -0.2) is 0 Å². The van der Waals surface area contributed by atoms with Crippen molar-refractivity contribution in [2.45, 2.75) is 44.8 Å². The number of nitrogens with one attached hydrogen (secondary N) is 2. The summed E-state index contributed by atoms with van der Waals surface area (Å²) in [6.07, 6.45) is 5.48. The molecule has 2 fully saturated rings. The van der Waals surface area contributed by atoms with E-state index in [1.54, 1.807) is 14.2 Å². The first-order chi connectivity index (χ1) is 14.2. The Kier molecular flexibility index (Phi) is 8.16. The van der Waals surface area contributed by atoms with Crippen molar-refractivity contribution in [3.8, 4) is 5.75 Å². The summed E-state index contributed by atoms with van der Waals surface area (Å²) < 4.78 is 11.0. The number of nitrogens with zero attached hydrogens (tertiary/aromatic N) is 2. The summed E-state index contributed by atoms with van der Waals surface area (Å²) in [6.45, 7) is 3.40. The zero-order valence-electron chi connectivity index (χ0n) is 17.7. The zero-order valence-corrected chi connectivity index (χ0v) is 17.7. The van der Waals surface area contributed by atoms with Crippen LogP contribution in [0.3, 0.4) is 0 Å². The third-order valence-electron chi connectivity index (χ3n) is 5.71. The van der Waals surface area contributed by atoms with E-state index in [4.69, 9.17) is 9.47 Å². The number of guanidine groups is 1. The fourth-order valence-corrected chi connectivity index (χ4v) is 4.09. The monoisotopic (exact) mass is 402 g/mol. The molecule has 1 saturated carbocycles. The normalized spacial score (nSPS) is 20.1. The number of carbonyl (C=O) groups excluding carboxylic acids is 1. The molecule has 3 rings (SSSR count). The van der Waals surface area contributed by atoms with E-state index in [0.29, 0.717) is 25.7 Å². The summed E-state index contributed by atoms with van der Waals surface area (Å²) in [5, 5.41) is 6.73. The highest BCUT2D eigenvalue weighted by Crippen LogP contribution is 2.27. The van der Waals surface area contributed by atoms with Crippen molar-refractivity contribution in [3.05, 3.63) is 29.8 Å². The second-order valence-corrected chi connectivity index (χ2v) is 7.80. The van der Waals surface area contributed by atoms with Crippen molar-refractivity contribution in [1.29, 1.82) is 0 Å². The number of hydrogen-bond donors (Lipinski definition) is 2. The largest absolute Gasteiger partial charge is 0.497 e. The first kappa shape index (κ1) is 21.4. The van der Waals surface area contributed by atoms with Crippen molar-refractivity contribution in [2.75, 3.05) is 40.4 Å². The molecule has 29 heavy (non-hydrogen) atoms. The topological polar surface area (TPSA) is 75.2 Å². The van der Waals surface area contributed by atoms with Crippen LogP contribution in [0.2, 0.25) is 0 Å². The fraction of sp³-hybridized carbons (Fsp3) is 0.636. The maximum atomic E-state index is 12.6. The Morgan fingerprint density at radius 1 is 1.28 bits per heavy atom. The molecule has 1 atom stereocenters. The van der Waals surface area contributed by atoms with E-state index >= 15 is 0 Å². The fourth-order valence-electron chi connectivity index (χ4n) is 4.09. The van der Waals surface area contributed by atoms with Gasteiger partial charge < -0.3 is 25.0 Å². The molecular weight excluding hydrogens is 368 g/mol. The van der Waals surface area contributed by atoms with Crippen LogP contribution in [0.4, 0.5) is 0 Å². The number of ether oxygens (including phenoxy) is 2. The average Bonchev–Trinajstić information content (AvgIpc) is 3.44. The Morgan fingerprint density at radius 2 is 2.10 bits per heavy atom. The Balaban J connectivity index is 1.32. The first-order valence-electron chi connectivity index (χ1n) is 10.7. The second kappa shape index (κ2) is 11.0. The minimum Gasteiger partial charge on any atom is -0.497 e. The van der Waals surface area contributed by atoms with Gasteiger partial charge in [0, 0.05) is 38.6 Å². The van der Waals surface area contributed by atoms with Gasteiger partial charge in [-0.1, -0.05) is 25.0 Å². The lowest BCUT2D eigenvalue weighted by Gasteiger charge is -2.21. The summed E-state index contributed by atoms with van der Waals surface area (Å²) in [5.74, 6) is 2.20. The van der Waals surface area contributed by atoms with Crippen LogP contribution >= 0.6 is 0 Å². The third-order valence-corrected chi connectivity index (χ3v) is 5.71. The van der Waals surface area contributed by atoms with Crippen LogP contribution in [0.25, 0.3) is 0 Å². The van der Waals surface area contributed by atoms with Crippen molar-refractivity contribution >= 4 is 11.9 Å². The number of carbonyl (C=O) groups is 1. The lowest BCUT2D eigenvalue weighted by atomic mass is 10.1. The van der Waals surface area contributed by atoms with E-state index < -0.39 is 0 Å². The molecule has 7 nitrogen and oxygen atoms in total. The molecule has 0 aromatic heterocycles. The van der Waals surface area contributed by atoms with Crippen LogP contribution in [0.15, 0.2) is 29.3 Å². The SMILES string of the molecule is CN=C(NCCOCc1cccc(OC)c1)NC1CCN(C(=O)C2CCCC2)C1. The quantitative estimate of drug-likeness (QED) is 0.396. The van der Waals surface area contributed by atoms with Gasteiger partial charge in [0.25, 0.3) is 0 Å². The van der Waals surface area contributed by atoms with Gasteiger partial charge in [0.15, 0.2) is 5.96 Å². The van der Waals surface area contributed by atoms with Crippen molar-refractivity contribution in [1.82, 2.24) is 15.5 Å². The van der Waals surface area contributed by atoms with Gasteiger partial charge in [0.2, 0.25) is 5.91 Å². The molecule has 1 aliphatic carbocycles. The number of amides is 1. The standard InChI is InChI=1S/C22H34N4O3/c1-23-22(24-11-13-29-16-17-6-5-9-20(14-17)28-2)25-19-10-12-26(15-19)21(27)18-7-3-4-8-18/h5-6,9,14,18-19H,3-4,7-8,10-13,15-16H2,1-2H3,(H2,23,24,25). The van der Waals surface area contributed by atoms with Crippen LogP contribution in [0, 0.1) is 5.92 Å². The molecule has 0 spiro atoms. The third kappa shape index (κ3) is 6.35. The number of hydrogen-bond acceptors (Lipinski definition) is 4. The highest BCUT2D eigenvalue weighted by atomic mass is 16.5. The molecule has 7 heteroatoms. The van der Waals surface area contributed by atoms with E-state index in [0.717, 1.165) is 49.6 Å². The minimum absolute atomic E-state index is 0.254. The maximum absolute atomic E-state index is 12.6. The van der Waals surface area contributed by atoms with Gasteiger partial charge in [0.05, 0.1) is 20.3 Å². The minimum atomic E-state index is 0.254. The van der Waals surface area contributed by atoms with Crippen LogP contribution in [0.1, 0.15) is 37.7 Å². The number of benzene rings is 1. The summed E-state index contributed by atoms with van der Waals surface area (Å²) in [7, 11) is 3.43. The number of methoxy groups -OCH3 is 1. The molecule has 2 aliphatic rings. The van der Waals surface area contributed by atoms with E-state index in [1.807, 2.05) is 29.2 Å². The van der Waals surface area contributed by atoms with Crippen LogP contribution in [-0.2, 0) is 16.1 Å². The van der Waals surface area contributed by atoms with E-state index in [-0.39, 0.29) is 12.0 Å². The molecule has 1 amide bonds. The van der Waals surface area contributed by atoms with E-state index in [9.17, 15) is 4.79 Å². The zero-order chi connectivity index (χ0) is 20.5. The predicted molar refractivity (Wildman–Crippen MR) is 114 cm³/mol. The molecular formula is C22H34N4O3. The maximum Gasteiger partial charge on any atom is 0.225 e. The second-order valence-electron chi connectivity index (χ2n) is 7.80. The highest BCUT2D eigenvalue weighted by Gasteiger charge is 2.32. The Labute approximate surface area is 173 Å². The van der Waals surface area contributed by atoms with Crippen molar-refractivity contribution in [2.24, 2.45) is 10.9 Å². The number of likely N-dealkylation sites (tertiary alicyclic amines) is 1.